The molecule has 0 bridgehead atoms. The topological polar surface area (TPSA) is 15.3 Å². The van der Waals surface area contributed by atoms with Crippen LogP contribution < -0.4 is 5.32 Å². The van der Waals surface area contributed by atoms with Crippen LogP contribution in [-0.4, -0.2) is 31.1 Å². The summed E-state index contributed by atoms with van der Waals surface area (Å²) in [7, 11) is 0. The third kappa shape index (κ3) is 4.14. The second-order valence-electron chi connectivity index (χ2n) is 5.08. The van der Waals surface area contributed by atoms with Crippen LogP contribution in [-0.2, 0) is 0 Å². The van der Waals surface area contributed by atoms with Crippen LogP contribution in [0.4, 0.5) is 8.78 Å². The van der Waals surface area contributed by atoms with Crippen molar-refractivity contribution in [1.82, 2.24) is 10.2 Å². The van der Waals surface area contributed by atoms with Gasteiger partial charge in [0.2, 0.25) is 0 Å². The molecule has 0 saturated carbocycles. The molecular formula is C15H23ClF2N2. The van der Waals surface area contributed by atoms with Gasteiger partial charge in [-0.25, -0.2) is 8.78 Å². The molecular weight excluding hydrogens is 282 g/mol. The molecule has 0 spiro atoms. The number of hydrogen-bond donors (Lipinski definition) is 1. The summed E-state index contributed by atoms with van der Waals surface area (Å²) in [5, 5.41) is 3.28. The number of nitrogens with one attached hydrogen (secondary N) is 1. The molecule has 0 aliphatic carbocycles. The Labute approximate surface area is 126 Å². The van der Waals surface area contributed by atoms with Gasteiger partial charge in [-0.3, -0.25) is 4.90 Å². The Morgan fingerprint density at radius 1 is 1.20 bits per heavy atom. The van der Waals surface area contributed by atoms with E-state index in [4.69, 9.17) is 0 Å². The fourth-order valence-corrected chi connectivity index (χ4v) is 2.73. The predicted octanol–water partition coefficient (Wildman–Crippen LogP) is 3.52. The number of hydrogen-bond acceptors (Lipinski definition) is 2. The quantitative estimate of drug-likeness (QED) is 0.895. The maximum Gasteiger partial charge on any atom is 0.130 e. The molecule has 0 amide bonds. The fourth-order valence-electron chi connectivity index (χ4n) is 2.73. The zero-order valence-electron chi connectivity index (χ0n) is 11.9. The van der Waals surface area contributed by atoms with Crippen molar-refractivity contribution in [2.75, 3.05) is 26.2 Å². The number of unbranched alkanes of at least 4 members (excludes halogenated alkanes) is 1. The first-order chi connectivity index (χ1) is 9.24. The van der Waals surface area contributed by atoms with Gasteiger partial charge in [0.05, 0.1) is 0 Å². The average molecular weight is 305 g/mol. The molecule has 1 aliphatic heterocycles. The van der Waals surface area contributed by atoms with Gasteiger partial charge in [-0.1, -0.05) is 25.8 Å². The number of benzene rings is 1. The zero-order chi connectivity index (χ0) is 13.7. The first kappa shape index (κ1) is 17.3. The summed E-state index contributed by atoms with van der Waals surface area (Å²) in [6, 6.07) is 4.02. The van der Waals surface area contributed by atoms with Gasteiger partial charge in [0.1, 0.15) is 11.6 Å². The number of halogens is 3. The first-order valence-electron chi connectivity index (χ1n) is 7.12. The van der Waals surface area contributed by atoms with Crippen molar-refractivity contribution in [1.29, 1.82) is 0 Å². The molecule has 2 nitrogen and oxygen atoms in total. The van der Waals surface area contributed by atoms with Gasteiger partial charge in [0.15, 0.2) is 0 Å². The summed E-state index contributed by atoms with van der Waals surface area (Å²) in [6.07, 6.45) is 2.84. The van der Waals surface area contributed by atoms with E-state index < -0.39 is 11.6 Å². The molecule has 1 aromatic carbocycles. The lowest BCUT2D eigenvalue weighted by molar-refractivity contribution is 0.156. The third-order valence-electron chi connectivity index (χ3n) is 3.76. The van der Waals surface area contributed by atoms with E-state index in [1.807, 2.05) is 0 Å². The standard InChI is InChI=1S/C15H22F2N2.ClH/c1-2-3-7-14(19-10-8-18-9-11-19)15-12(16)5-4-6-13(15)17;/h4-6,14,18H,2-3,7-11H2,1H3;1H/t14-;/m0./s1. The van der Waals surface area contributed by atoms with Crippen molar-refractivity contribution < 1.29 is 8.78 Å². The maximum absolute atomic E-state index is 14.0. The normalized spacial score (nSPS) is 17.6. The molecule has 114 valence electrons. The molecule has 0 unspecified atom stereocenters. The van der Waals surface area contributed by atoms with Crippen molar-refractivity contribution in [2.24, 2.45) is 0 Å². The minimum atomic E-state index is -0.417. The van der Waals surface area contributed by atoms with E-state index in [0.717, 1.165) is 45.4 Å². The van der Waals surface area contributed by atoms with Crippen molar-refractivity contribution >= 4 is 12.4 Å². The molecule has 1 atom stereocenters. The average Bonchev–Trinajstić information content (AvgIpc) is 2.43. The highest BCUT2D eigenvalue weighted by molar-refractivity contribution is 5.85. The van der Waals surface area contributed by atoms with Crippen molar-refractivity contribution in [3.05, 3.63) is 35.4 Å². The molecule has 5 heteroatoms. The molecule has 1 fully saturated rings. The molecule has 0 aromatic heterocycles. The summed E-state index contributed by atoms with van der Waals surface area (Å²) in [5.74, 6) is -0.834. The van der Waals surface area contributed by atoms with Crippen LogP contribution in [0.5, 0.6) is 0 Å². The van der Waals surface area contributed by atoms with Crippen LogP contribution in [0.25, 0.3) is 0 Å². The van der Waals surface area contributed by atoms with E-state index in [-0.39, 0.29) is 24.0 Å². The highest BCUT2D eigenvalue weighted by atomic mass is 35.5. The fraction of sp³-hybridized carbons (Fsp3) is 0.600. The SMILES string of the molecule is CCCC[C@@H](c1c(F)cccc1F)N1CCNCC1.Cl. The molecule has 0 radical (unpaired) electrons. The minimum Gasteiger partial charge on any atom is -0.314 e. The van der Waals surface area contributed by atoms with Crippen molar-refractivity contribution in [3.63, 3.8) is 0 Å². The third-order valence-corrected chi connectivity index (χ3v) is 3.76. The minimum absolute atomic E-state index is 0. The van der Waals surface area contributed by atoms with Crippen LogP contribution >= 0.6 is 12.4 Å². The van der Waals surface area contributed by atoms with Crippen LogP contribution in [0.2, 0.25) is 0 Å². The van der Waals surface area contributed by atoms with Gasteiger partial charge in [-0.2, -0.15) is 0 Å². The van der Waals surface area contributed by atoms with E-state index in [1.165, 1.54) is 18.2 Å². The second kappa shape index (κ2) is 8.55. The van der Waals surface area contributed by atoms with E-state index in [9.17, 15) is 8.78 Å². The Morgan fingerprint density at radius 2 is 1.80 bits per heavy atom. The molecule has 1 saturated heterocycles. The molecule has 1 N–H and O–H groups in total. The van der Waals surface area contributed by atoms with Crippen molar-refractivity contribution in [3.8, 4) is 0 Å². The molecule has 1 aliphatic rings. The van der Waals surface area contributed by atoms with E-state index in [0.29, 0.717) is 0 Å². The Bertz CT molecular complexity index is 389. The summed E-state index contributed by atoms with van der Waals surface area (Å²) < 4.78 is 28.0. The van der Waals surface area contributed by atoms with Crippen LogP contribution in [0.1, 0.15) is 37.8 Å². The van der Waals surface area contributed by atoms with Crippen LogP contribution in [0.15, 0.2) is 18.2 Å². The van der Waals surface area contributed by atoms with E-state index in [1.54, 1.807) is 0 Å². The highest BCUT2D eigenvalue weighted by Gasteiger charge is 2.26. The molecule has 20 heavy (non-hydrogen) atoms. The van der Waals surface area contributed by atoms with Crippen molar-refractivity contribution in [2.45, 2.75) is 32.2 Å². The van der Waals surface area contributed by atoms with Gasteiger partial charge in [-0.15, -0.1) is 12.4 Å². The Balaban J connectivity index is 0.00000200. The Hall–Kier alpha value is -0.710. The Kier molecular flexibility index (Phi) is 7.41. The van der Waals surface area contributed by atoms with Gasteiger partial charge in [0, 0.05) is 37.8 Å². The van der Waals surface area contributed by atoms with Gasteiger partial charge in [0.25, 0.3) is 0 Å². The first-order valence-corrected chi connectivity index (χ1v) is 7.12. The van der Waals surface area contributed by atoms with E-state index >= 15 is 0 Å². The predicted molar refractivity (Wildman–Crippen MR) is 80.3 cm³/mol. The number of piperazine rings is 1. The van der Waals surface area contributed by atoms with Crippen LogP contribution in [0.3, 0.4) is 0 Å². The lowest BCUT2D eigenvalue weighted by Crippen LogP contribution is -2.45. The maximum atomic E-state index is 14.0. The van der Waals surface area contributed by atoms with Crippen LogP contribution in [0, 0.1) is 11.6 Å². The van der Waals surface area contributed by atoms with E-state index in [2.05, 4.69) is 17.1 Å². The van der Waals surface area contributed by atoms with Gasteiger partial charge in [-0.05, 0) is 18.6 Å². The highest BCUT2D eigenvalue weighted by Crippen LogP contribution is 2.30. The molecule has 2 rings (SSSR count). The lowest BCUT2D eigenvalue weighted by Gasteiger charge is -2.35. The Morgan fingerprint density at radius 3 is 2.35 bits per heavy atom. The smallest absolute Gasteiger partial charge is 0.130 e. The summed E-state index contributed by atoms with van der Waals surface area (Å²) >= 11 is 0. The summed E-state index contributed by atoms with van der Waals surface area (Å²) in [4.78, 5) is 2.20. The van der Waals surface area contributed by atoms with Gasteiger partial charge >= 0.3 is 0 Å². The summed E-state index contributed by atoms with van der Waals surface area (Å²) in [6.45, 7) is 5.58. The lowest BCUT2D eigenvalue weighted by atomic mass is 9.97. The van der Waals surface area contributed by atoms with Gasteiger partial charge < -0.3 is 5.32 Å². The monoisotopic (exact) mass is 304 g/mol. The zero-order valence-corrected chi connectivity index (χ0v) is 12.7. The number of nitrogens with zero attached hydrogens (tertiary/aromatic N) is 1. The second-order valence-corrected chi connectivity index (χ2v) is 5.08. The molecule has 1 aromatic rings. The summed E-state index contributed by atoms with van der Waals surface area (Å²) in [5.41, 5.74) is 0.248. The molecule has 1 heterocycles. The largest absolute Gasteiger partial charge is 0.314 e. The number of rotatable bonds is 5.